The number of likely N-dealkylation sites (N-methyl/N-ethyl adjacent to an activating group) is 1. The highest BCUT2D eigenvalue weighted by Gasteiger charge is 2.18. The van der Waals surface area contributed by atoms with Crippen LogP contribution in [0.15, 0.2) is 41.1 Å². The second-order valence-electron chi connectivity index (χ2n) is 6.69. The van der Waals surface area contributed by atoms with Crippen molar-refractivity contribution in [3.05, 3.63) is 46.9 Å². The zero-order valence-electron chi connectivity index (χ0n) is 14.9. The predicted molar refractivity (Wildman–Crippen MR) is 111 cm³/mol. The molecule has 0 saturated carbocycles. The van der Waals surface area contributed by atoms with Gasteiger partial charge >= 0.3 is 0 Å². The molecule has 0 unspecified atom stereocenters. The van der Waals surface area contributed by atoms with Crippen molar-refractivity contribution in [2.24, 2.45) is 0 Å². The van der Waals surface area contributed by atoms with E-state index in [9.17, 15) is 4.39 Å². The van der Waals surface area contributed by atoms with Crippen molar-refractivity contribution in [3.63, 3.8) is 0 Å². The first-order valence-corrected chi connectivity index (χ1v) is 9.50. The van der Waals surface area contributed by atoms with Crippen LogP contribution in [-0.2, 0) is 0 Å². The van der Waals surface area contributed by atoms with E-state index in [0.717, 1.165) is 42.8 Å². The number of anilines is 4. The van der Waals surface area contributed by atoms with Gasteiger partial charge in [0, 0.05) is 36.0 Å². The van der Waals surface area contributed by atoms with Crippen molar-refractivity contribution >= 4 is 49.7 Å². The molecule has 8 heteroatoms. The summed E-state index contributed by atoms with van der Waals surface area (Å²) in [6.07, 6.45) is 1.48. The maximum atomic E-state index is 14.2. The van der Waals surface area contributed by atoms with Crippen LogP contribution in [0.25, 0.3) is 10.9 Å². The summed E-state index contributed by atoms with van der Waals surface area (Å²) < 4.78 is 14.9. The molecule has 2 aromatic carbocycles. The lowest BCUT2D eigenvalue weighted by Crippen LogP contribution is -2.44. The number of nitrogens with zero attached hydrogens (tertiary/aromatic N) is 4. The standard InChI is InChI=1S/C19H20BrFN6/c1-26-4-6-27(7-5-26)18-10-17-13(9-15(18)22)19(24-11-23-17)25-16-3-2-12(20)8-14(16)21/h2-3,8-11H,4-7,22H2,1H3,(H,23,24,25). The van der Waals surface area contributed by atoms with Crippen LogP contribution in [0.4, 0.5) is 27.3 Å². The molecule has 3 aromatic rings. The Balaban J connectivity index is 1.70. The molecule has 2 heterocycles. The number of benzene rings is 2. The number of nitrogens with one attached hydrogen (secondary N) is 1. The summed E-state index contributed by atoms with van der Waals surface area (Å²) in [6, 6.07) is 8.69. The average molecular weight is 431 g/mol. The molecule has 1 aliphatic heterocycles. The minimum Gasteiger partial charge on any atom is -0.397 e. The third-order valence-electron chi connectivity index (χ3n) is 4.81. The van der Waals surface area contributed by atoms with E-state index in [2.05, 4.69) is 48.1 Å². The first-order valence-electron chi connectivity index (χ1n) is 8.71. The SMILES string of the molecule is CN1CCN(c2cc3ncnc(Nc4ccc(Br)cc4F)c3cc2N)CC1. The maximum Gasteiger partial charge on any atom is 0.147 e. The highest BCUT2D eigenvalue weighted by Crippen LogP contribution is 2.33. The maximum absolute atomic E-state index is 14.2. The molecule has 1 saturated heterocycles. The lowest BCUT2D eigenvalue weighted by Gasteiger charge is -2.34. The van der Waals surface area contributed by atoms with E-state index in [1.807, 2.05) is 12.1 Å². The Morgan fingerprint density at radius 1 is 1.11 bits per heavy atom. The molecule has 0 bridgehead atoms. The quantitative estimate of drug-likeness (QED) is 0.618. The van der Waals surface area contributed by atoms with E-state index in [-0.39, 0.29) is 5.82 Å². The van der Waals surface area contributed by atoms with Crippen molar-refractivity contribution in [2.75, 3.05) is 49.2 Å². The molecule has 1 fully saturated rings. The topological polar surface area (TPSA) is 70.3 Å². The molecule has 6 nitrogen and oxygen atoms in total. The van der Waals surface area contributed by atoms with Crippen LogP contribution in [0.3, 0.4) is 0 Å². The smallest absolute Gasteiger partial charge is 0.147 e. The van der Waals surface area contributed by atoms with Gasteiger partial charge in [-0.05, 0) is 37.4 Å². The fraction of sp³-hybridized carbons (Fsp3) is 0.263. The lowest BCUT2D eigenvalue weighted by atomic mass is 10.1. The van der Waals surface area contributed by atoms with Gasteiger partial charge in [-0.3, -0.25) is 0 Å². The first-order chi connectivity index (χ1) is 13.0. The Labute approximate surface area is 165 Å². The van der Waals surface area contributed by atoms with E-state index in [0.29, 0.717) is 21.7 Å². The lowest BCUT2D eigenvalue weighted by molar-refractivity contribution is 0.313. The van der Waals surface area contributed by atoms with Crippen molar-refractivity contribution < 1.29 is 4.39 Å². The van der Waals surface area contributed by atoms with Crippen LogP contribution in [-0.4, -0.2) is 48.1 Å². The van der Waals surface area contributed by atoms with Crippen molar-refractivity contribution in [1.82, 2.24) is 14.9 Å². The minimum absolute atomic E-state index is 0.347. The zero-order valence-corrected chi connectivity index (χ0v) is 16.5. The largest absolute Gasteiger partial charge is 0.397 e. The molecule has 4 rings (SSSR count). The molecule has 140 valence electrons. The second-order valence-corrected chi connectivity index (χ2v) is 7.61. The van der Waals surface area contributed by atoms with Crippen molar-refractivity contribution in [1.29, 1.82) is 0 Å². The molecule has 1 aliphatic rings. The Bertz CT molecular complexity index is 987. The Morgan fingerprint density at radius 2 is 1.89 bits per heavy atom. The molecule has 1 aromatic heterocycles. The Kier molecular flexibility index (Phi) is 4.84. The number of rotatable bonds is 3. The summed E-state index contributed by atoms with van der Waals surface area (Å²) >= 11 is 3.26. The first kappa shape index (κ1) is 17.9. The van der Waals surface area contributed by atoms with Crippen LogP contribution >= 0.6 is 15.9 Å². The number of nitrogen functional groups attached to an aromatic ring is 1. The molecule has 0 aliphatic carbocycles. The van der Waals surface area contributed by atoms with Crippen LogP contribution < -0.4 is 16.0 Å². The third kappa shape index (κ3) is 3.68. The number of aromatic nitrogens is 2. The summed E-state index contributed by atoms with van der Waals surface area (Å²) in [5.74, 6) is 0.163. The second kappa shape index (κ2) is 7.28. The number of fused-ring (bicyclic) bond motifs is 1. The minimum atomic E-state index is -0.363. The van der Waals surface area contributed by atoms with Crippen LogP contribution in [0.1, 0.15) is 0 Å². The normalized spacial score (nSPS) is 15.3. The highest BCUT2D eigenvalue weighted by molar-refractivity contribution is 9.10. The molecule has 27 heavy (non-hydrogen) atoms. The van der Waals surface area contributed by atoms with Gasteiger partial charge in [0.2, 0.25) is 0 Å². The van der Waals surface area contributed by atoms with Gasteiger partial charge in [0.25, 0.3) is 0 Å². The van der Waals surface area contributed by atoms with E-state index in [1.54, 1.807) is 12.1 Å². The van der Waals surface area contributed by atoms with Gasteiger partial charge in [-0.1, -0.05) is 15.9 Å². The fourth-order valence-electron chi connectivity index (χ4n) is 3.25. The number of hydrogen-bond acceptors (Lipinski definition) is 6. The number of hydrogen-bond donors (Lipinski definition) is 2. The van der Waals surface area contributed by atoms with Crippen LogP contribution in [0.5, 0.6) is 0 Å². The van der Waals surface area contributed by atoms with E-state index >= 15 is 0 Å². The van der Waals surface area contributed by atoms with Gasteiger partial charge in [-0.2, -0.15) is 0 Å². The number of halogens is 2. The summed E-state index contributed by atoms with van der Waals surface area (Å²) in [7, 11) is 2.12. The summed E-state index contributed by atoms with van der Waals surface area (Å²) in [5.41, 5.74) is 9.11. The average Bonchev–Trinajstić information content (AvgIpc) is 2.65. The highest BCUT2D eigenvalue weighted by atomic mass is 79.9. The molecule has 0 radical (unpaired) electrons. The Hall–Kier alpha value is -2.45. The van der Waals surface area contributed by atoms with Gasteiger partial charge in [0.15, 0.2) is 0 Å². The summed E-state index contributed by atoms with van der Waals surface area (Å²) in [5, 5.41) is 3.81. The summed E-state index contributed by atoms with van der Waals surface area (Å²) in [6.45, 7) is 3.84. The number of nitrogens with two attached hydrogens (primary N) is 1. The Morgan fingerprint density at radius 3 is 2.63 bits per heavy atom. The molecular formula is C19H20BrFN6. The fourth-order valence-corrected chi connectivity index (χ4v) is 3.58. The molecule has 0 spiro atoms. The van der Waals surface area contributed by atoms with Crippen LogP contribution in [0.2, 0.25) is 0 Å². The van der Waals surface area contributed by atoms with E-state index < -0.39 is 0 Å². The van der Waals surface area contributed by atoms with Crippen molar-refractivity contribution in [3.8, 4) is 0 Å². The zero-order chi connectivity index (χ0) is 19.0. The summed E-state index contributed by atoms with van der Waals surface area (Å²) in [4.78, 5) is 13.2. The third-order valence-corrected chi connectivity index (χ3v) is 5.31. The number of piperazine rings is 1. The molecule has 0 amide bonds. The molecular weight excluding hydrogens is 411 g/mol. The molecule has 0 atom stereocenters. The van der Waals surface area contributed by atoms with Gasteiger partial charge in [-0.25, -0.2) is 14.4 Å². The van der Waals surface area contributed by atoms with Crippen molar-refractivity contribution in [2.45, 2.75) is 0 Å². The van der Waals surface area contributed by atoms with Gasteiger partial charge < -0.3 is 20.9 Å². The predicted octanol–water partition coefficient (Wildman–Crippen LogP) is 3.61. The monoisotopic (exact) mass is 430 g/mol. The molecule has 3 N–H and O–H groups in total. The van der Waals surface area contributed by atoms with Gasteiger partial charge in [0.1, 0.15) is 18.0 Å². The van der Waals surface area contributed by atoms with Crippen LogP contribution in [0, 0.1) is 5.82 Å². The van der Waals surface area contributed by atoms with E-state index in [1.165, 1.54) is 12.4 Å². The van der Waals surface area contributed by atoms with E-state index in [4.69, 9.17) is 5.73 Å². The van der Waals surface area contributed by atoms with Gasteiger partial charge in [0.05, 0.1) is 22.6 Å². The van der Waals surface area contributed by atoms with Gasteiger partial charge in [-0.15, -0.1) is 0 Å².